The van der Waals surface area contributed by atoms with Crippen molar-refractivity contribution in [2.75, 3.05) is 0 Å². The molecule has 0 spiro atoms. The van der Waals surface area contributed by atoms with Crippen molar-refractivity contribution in [3.8, 4) is 0 Å². The lowest BCUT2D eigenvalue weighted by atomic mass is 9.95. The molecule has 134 valence electrons. The molecular formula is C24H33P. The van der Waals surface area contributed by atoms with Gasteiger partial charge in [0, 0.05) is 0 Å². The van der Waals surface area contributed by atoms with Crippen LogP contribution in [0.2, 0.25) is 0 Å². The Morgan fingerprint density at radius 1 is 0.800 bits per heavy atom. The second-order valence-corrected chi connectivity index (χ2v) is 10.6. The van der Waals surface area contributed by atoms with E-state index in [4.69, 9.17) is 0 Å². The van der Waals surface area contributed by atoms with E-state index in [0.717, 1.165) is 17.5 Å². The van der Waals surface area contributed by atoms with Crippen LogP contribution in [0.25, 0.3) is 0 Å². The number of hydrogen-bond donors (Lipinski definition) is 0. The van der Waals surface area contributed by atoms with Gasteiger partial charge in [-0.05, 0) is 92.4 Å². The molecule has 0 heterocycles. The van der Waals surface area contributed by atoms with Crippen molar-refractivity contribution in [2.24, 2.45) is 11.8 Å². The first-order valence-corrected chi connectivity index (χ1v) is 11.2. The summed E-state index contributed by atoms with van der Waals surface area (Å²) in [5.41, 5.74) is 6.65. The van der Waals surface area contributed by atoms with Crippen LogP contribution < -0.4 is 10.6 Å². The minimum atomic E-state index is -0.333. The van der Waals surface area contributed by atoms with Gasteiger partial charge in [0.15, 0.2) is 0 Å². The van der Waals surface area contributed by atoms with Gasteiger partial charge in [0.2, 0.25) is 0 Å². The maximum absolute atomic E-state index is 2.55. The van der Waals surface area contributed by atoms with Crippen LogP contribution in [0.4, 0.5) is 0 Å². The van der Waals surface area contributed by atoms with Gasteiger partial charge < -0.3 is 0 Å². The third-order valence-electron chi connectivity index (χ3n) is 6.32. The quantitative estimate of drug-likeness (QED) is 0.577. The average molecular weight is 353 g/mol. The van der Waals surface area contributed by atoms with Gasteiger partial charge in [0.05, 0.1) is 0 Å². The van der Waals surface area contributed by atoms with Gasteiger partial charge in [-0.3, -0.25) is 0 Å². The molecule has 1 saturated carbocycles. The van der Waals surface area contributed by atoms with Gasteiger partial charge in [-0.2, -0.15) is 0 Å². The molecule has 1 aliphatic carbocycles. The highest BCUT2D eigenvalue weighted by atomic mass is 31.1. The first-order valence-electron chi connectivity index (χ1n) is 9.83. The zero-order valence-electron chi connectivity index (χ0n) is 16.8. The van der Waals surface area contributed by atoms with Gasteiger partial charge in [0.25, 0.3) is 0 Å². The summed E-state index contributed by atoms with van der Waals surface area (Å²) in [5.74, 6) is 1.73. The van der Waals surface area contributed by atoms with Crippen LogP contribution in [0.1, 0.15) is 55.4 Å². The number of hydrogen-bond acceptors (Lipinski definition) is 0. The molecule has 0 N–H and O–H groups in total. The summed E-state index contributed by atoms with van der Waals surface area (Å²) in [6.45, 7) is 14.3. The van der Waals surface area contributed by atoms with Gasteiger partial charge in [-0.25, -0.2) is 0 Å². The maximum Gasteiger partial charge on any atom is -0.0126 e. The van der Waals surface area contributed by atoms with Crippen molar-refractivity contribution in [3.05, 3.63) is 58.7 Å². The minimum absolute atomic E-state index is 0.333. The van der Waals surface area contributed by atoms with Crippen molar-refractivity contribution in [2.45, 2.75) is 66.5 Å². The third kappa shape index (κ3) is 3.56. The van der Waals surface area contributed by atoms with E-state index in [1.54, 1.807) is 10.6 Å². The van der Waals surface area contributed by atoms with Crippen molar-refractivity contribution in [3.63, 3.8) is 0 Å². The molecule has 3 rings (SSSR count). The highest BCUT2D eigenvalue weighted by Crippen LogP contribution is 2.51. The molecule has 25 heavy (non-hydrogen) atoms. The summed E-state index contributed by atoms with van der Waals surface area (Å²) in [6.07, 6.45) is 4.24. The fourth-order valence-electron chi connectivity index (χ4n) is 4.97. The first-order chi connectivity index (χ1) is 11.9. The molecule has 0 saturated heterocycles. The second kappa shape index (κ2) is 7.63. The lowest BCUT2D eigenvalue weighted by molar-refractivity contribution is 0.414. The van der Waals surface area contributed by atoms with Crippen LogP contribution in [0.3, 0.4) is 0 Å². The predicted molar refractivity (Wildman–Crippen MR) is 114 cm³/mol. The topological polar surface area (TPSA) is 0 Å². The monoisotopic (exact) mass is 352 g/mol. The van der Waals surface area contributed by atoms with E-state index >= 15 is 0 Å². The molecule has 2 aromatic rings. The van der Waals surface area contributed by atoms with Crippen molar-refractivity contribution >= 4 is 18.5 Å². The van der Waals surface area contributed by atoms with E-state index in [2.05, 4.69) is 77.9 Å². The molecule has 2 unspecified atom stereocenters. The van der Waals surface area contributed by atoms with Crippen molar-refractivity contribution in [1.29, 1.82) is 0 Å². The molecule has 1 aliphatic rings. The third-order valence-corrected chi connectivity index (χ3v) is 9.89. The SMILES string of the molecule is Cc1cccc(C)c1P(c1c(C)cccc1C)[C@@H](C)C1CCCC1C. The summed E-state index contributed by atoms with van der Waals surface area (Å²) in [5, 5.41) is 3.28. The van der Waals surface area contributed by atoms with Gasteiger partial charge in [0.1, 0.15) is 0 Å². The van der Waals surface area contributed by atoms with Crippen LogP contribution in [-0.2, 0) is 0 Å². The highest BCUT2D eigenvalue weighted by Gasteiger charge is 2.36. The van der Waals surface area contributed by atoms with Crippen LogP contribution in [0, 0.1) is 39.5 Å². The van der Waals surface area contributed by atoms with Crippen LogP contribution >= 0.6 is 7.92 Å². The molecule has 0 amide bonds. The Bertz CT molecular complexity index is 654. The molecule has 0 nitrogen and oxygen atoms in total. The van der Waals surface area contributed by atoms with Crippen LogP contribution in [0.15, 0.2) is 36.4 Å². The van der Waals surface area contributed by atoms with E-state index < -0.39 is 0 Å². The van der Waals surface area contributed by atoms with Crippen LogP contribution in [0.5, 0.6) is 0 Å². The van der Waals surface area contributed by atoms with E-state index in [0.29, 0.717) is 0 Å². The van der Waals surface area contributed by atoms with E-state index in [1.165, 1.54) is 41.5 Å². The Kier molecular flexibility index (Phi) is 5.69. The number of benzene rings is 2. The van der Waals surface area contributed by atoms with Crippen molar-refractivity contribution < 1.29 is 0 Å². The molecule has 2 aromatic carbocycles. The number of rotatable bonds is 4. The summed E-state index contributed by atoms with van der Waals surface area (Å²) in [4.78, 5) is 0. The van der Waals surface area contributed by atoms with E-state index in [1.807, 2.05) is 0 Å². The summed E-state index contributed by atoms with van der Waals surface area (Å²) in [7, 11) is -0.333. The first kappa shape index (κ1) is 18.7. The summed E-state index contributed by atoms with van der Waals surface area (Å²) >= 11 is 0. The lowest BCUT2D eigenvalue weighted by Gasteiger charge is -2.36. The van der Waals surface area contributed by atoms with E-state index in [-0.39, 0.29) is 7.92 Å². The Labute approximate surface area is 155 Å². The predicted octanol–water partition coefficient (Wildman–Crippen LogP) is 6.18. The normalized spacial score (nSPS) is 21.7. The fourth-order valence-corrected chi connectivity index (χ4v) is 8.65. The molecular weight excluding hydrogens is 319 g/mol. The Morgan fingerprint density at radius 2 is 1.24 bits per heavy atom. The summed E-state index contributed by atoms with van der Waals surface area (Å²) < 4.78 is 0. The smallest absolute Gasteiger partial charge is 0.0126 e. The zero-order valence-corrected chi connectivity index (χ0v) is 17.7. The van der Waals surface area contributed by atoms with Gasteiger partial charge in [-0.1, -0.05) is 63.1 Å². The highest BCUT2D eigenvalue weighted by molar-refractivity contribution is 7.74. The minimum Gasteiger partial charge on any atom is -0.0622 e. The molecule has 1 fully saturated rings. The molecule has 0 aromatic heterocycles. The molecule has 0 aliphatic heterocycles. The molecule has 0 bridgehead atoms. The Balaban J connectivity index is 2.18. The molecule has 0 radical (unpaired) electrons. The fraction of sp³-hybridized carbons (Fsp3) is 0.500. The van der Waals surface area contributed by atoms with E-state index in [9.17, 15) is 0 Å². The summed E-state index contributed by atoms with van der Waals surface area (Å²) in [6, 6.07) is 13.7. The maximum atomic E-state index is 2.55. The number of aryl methyl sites for hydroxylation is 4. The molecule has 1 heteroatoms. The van der Waals surface area contributed by atoms with Crippen molar-refractivity contribution in [1.82, 2.24) is 0 Å². The lowest BCUT2D eigenvalue weighted by Crippen LogP contribution is -2.31. The zero-order chi connectivity index (χ0) is 18.1. The van der Waals surface area contributed by atoms with Gasteiger partial charge in [-0.15, -0.1) is 0 Å². The molecule has 3 atom stereocenters. The van der Waals surface area contributed by atoms with Gasteiger partial charge >= 0.3 is 0 Å². The Hall–Kier alpha value is -1.13. The largest absolute Gasteiger partial charge is 0.0622 e. The average Bonchev–Trinajstić information content (AvgIpc) is 2.98. The van der Waals surface area contributed by atoms with Crippen LogP contribution in [-0.4, -0.2) is 5.66 Å². The second-order valence-electron chi connectivity index (χ2n) is 8.16. The standard InChI is InChI=1S/C24H33P/c1-16-10-9-15-22(16)21(6)25(23-17(2)11-7-12-18(23)3)24-19(4)13-8-14-20(24)5/h7-8,11-14,16,21-22H,9-10,15H2,1-6H3/t16?,21-,22?/m0/s1. The Morgan fingerprint density at radius 3 is 1.60 bits per heavy atom.